The van der Waals surface area contributed by atoms with E-state index < -0.39 is 5.97 Å². The van der Waals surface area contributed by atoms with Crippen LogP contribution >= 0.6 is 0 Å². The molecular formula is C12H16O4. The summed E-state index contributed by atoms with van der Waals surface area (Å²) in [6.07, 6.45) is 2.11. The molecule has 0 aliphatic carbocycles. The molecule has 2 rings (SSSR count). The van der Waals surface area contributed by atoms with Gasteiger partial charge in [-0.25, -0.2) is 4.79 Å². The van der Waals surface area contributed by atoms with Gasteiger partial charge < -0.3 is 14.9 Å². The molecule has 0 atom stereocenters. The number of phenolic OH excluding ortho intramolecular Hbond substituents is 1. The van der Waals surface area contributed by atoms with Gasteiger partial charge in [0.2, 0.25) is 0 Å². The van der Waals surface area contributed by atoms with Crippen molar-refractivity contribution in [2.75, 3.05) is 13.2 Å². The number of carboxylic acid groups (broad SMARTS) is 1. The molecule has 1 aromatic carbocycles. The van der Waals surface area contributed by atoms with Crippen LogP contribution in [-0.2, 0) is 9.53 Å². The number of hydrogen-bond acceptors (Lipinski definition) is 3. The third-order valence-electron chi connectivity index (χ3n) is 1.51. The van der Waals surface area contributed by atoms with Crippen LogP contribution in [0.3, 0.4) is 0 Å². The summed E-state index contributed by atoms with van der Waals surface area (Å²) in [7, 11) is 0. The number of hydrogen-bond donors (Lipinski definition) is 2. The lowest BCUT2D eigenvalue weighted by Crippen LogP contribution is -2.09. The first kappa shape index (κ1) is 14.2. The zero-order chi connectivity index (χ0) is 12.2. The Labute approximate surface area is 94.8 Å². The quantitative estimate of drug-likeness (QED) is 0.716. The molecule has 1 saturated heterocycles. The fourth-order valence-electron chi connectivity index (χ4n) is 0.572. The second kappa shape index (κ2) is 9.73. The van der Waals surface area contributed by atoms with E-state index >= 15 is 0 Å². The molecule has 0 bridgehead atoms. The molecule has 0 aromatic heterocycles. The zero-order valence-corrected chi connectivity index (χ0v) is 9.00. The van der Waals surface area contributed by atoms with Crippen LogP contribution in [0.5, 0.6) is 5.75 Å². The molecule has 16 heavy (non-hydrogen) atoms. The van der Waals surface area contributed by atoms with Crippen LogP contribution in [0.15, 0.2) is 43.0 Å². The van der Waals surface area contributed by atoms with Crippen molar-refractivity contribution < 1.29 is 19.7 Å². The maximum atomic E-state index is 9.25. The lowest BCUT2D eigenvalue weighted by atomic mass is 10.3. The first-order valence-corrected chi connectivity index (χ1v) is 4.84. The predicted octanol–water partition coefficient (Wildman–Crippen LogP) is 2.06. The van der Waals surface area contributed by atoms with Crippen LogP contribution < -0.4 is 0 Å². The molecule has 2 N–H and O–H groups in total. The summed E-state index contributed by atoms with van der Waals surface area (Å²) in [6.45, 7) is 4.96. The SMILES string of the molecule is C1COC1.C=CC(=O)O.Oc1ccccc1. The van der Waals surface area contributed by atoms with E-state index in [0.29, 0.717) is 5.75 Å². The number of carboxylic acids is 1. The molecule has 4 heteroatoms. The predicted molar refractivity (Wildman–Crippen MR) is 61.4 cm³/mol. The molecule has 1 heterocycles. The van der Waals surface area contributed by atoms with E-state index in [0.717, 1.165) is 19.3 Å². The van der Waals surface area contributed by atoms with E-state index in [1.807, 2.05) is 6.07 Å². The lowest BCUT2D eigenvalue weighted by Gasteiger charge is -2.09. The molecule has 1 fully saturated rings. The number of carbonyl (C=O) groups is 1. The van der Waals surface area contributed by atoms with E-state index in [2.05, 4.69) is 6.58 Å². The Morgan fingerprint density at radius 2 is 1.69 bits per heavy atom. The minimum atomic E-state index is -0.981. The first-order valence-electron chi connectivity index (χ1n) is 4.84. The van der Waals surface area contributed by atoms with Crippen LogP contribution in [0.2, 0.25) is 0 Å². The average molecular weight is 224 g/mol. The van der Waals surface area contributed by atoms with Crippen molar-refractivity contribution in [3.05, 3.63) is 43.0 Å². The van der Waals surface area contributed by atoms with E-state index in [-0.39, 0.29) is 0 Å². The van der Waals surface area contributed by atoms with Gasteiger partial charge >= 0.3 is 5.97 Å². The standard InChI is InChI=1S/C6H6O.C3H4O2.C3H6O/c7-6-4-2-1-3-5-6;1-2-3(4)5;1-2-4-3-1/h1-5,7H;2H,1H2,(H,4,5);1-3H2. The van der Waals surface area contributed by atoms with Crippen molar-refractivity contribution in [1.82, 2.24) is 0 Å². The van der Waals surface area contributed by atoms with Crippen molar-refractivity contribution >= 4 is 5.97 Å². The summed E-state index contributed by atoms with van der Waals surface area (Å²) < 4.78 is 4.72. The van der Waals surface area contributed by atoms with E-state index in [4.69, 9.17) is 14.9 Å². The Bertz CT molecular complexity index is 287. The van der Waals surface area contributed by atoms with Gasteiger partial charge in [0.05, 0.1) is 0 Å². The highest BCUT2D eigenvalue weighted by Crippen LogP contribution is 2.02. The van der Waals surface area contributed by atoms with Crippen LogP contribution in [0, 0.1) is 0 Å². The molecule has 1 aliphatic heterocycles. The van der Waals surface area contributed by atoms with Gasteiger partial charge in [0.15, 0.2) is 0 Å². The van der Waals surface area contributed by atoms with Crippen molar-refractivity contribution in [2.45, 2.75) is 6.42 Å². The number of aromatic hydroxyl groups is 1. The summed E-state index contributed by atoms with van der Waals surface area (Å²) in [5, 5.41) is 16.2. The molecule has 0 saturated carbocycles. The van der Waals surface area contributed by atoms with Crippen molar-refractivity contribution in [3.63, 3.8) is 0 Å². The summed E-state index contributed by atoms with van der Waals surface area (Å²) in [6, 6.07) is 8.71. The Balaban J connectivity index is 0.000000221. The molecule has 1 aromatic rings. The van der Waals surface area contributed by atoms with Gasteiger partial charge in [0.25, 0.3) is 0 Å². The number of rotatable bonds is 1. The summed E-state index contributed by atoms with van der Waals surface area (Å²) in [4.78, 5) is 9.25. The van der Waals surface area contributed by atoms with Crippen LogP contribution in [0.25, 0.3) is 0 Å². The maximum absolute atomic E-state index is 9.25. The minimum Gasteiger partial charge on any atom is -0.508 e. The Morgan fingerprint density at radius 3 is 1.81 bits per heavy atom. The van der Waals surface area contributed by atoms with Crippen molar-refractivity contribution in [2.24, 2.45) is 0 Å². The van der Waals surface area contributed by atoms with Crippen molar-refractivity contribution in [1.29, 1.82) is 0 Å². The summed E-state index contributed by atoms with van der Waals surface area (Å²) >= 11 is 0. The van der Waals surface area contributed by atoms with Crippen molar-refractivity contribution in [3.8, 4) is 5.75 Å². The van der Waals surface area contributed by atoms with Gasteiger partial charge in [-0.2, -0.15) is 0 Å². The molecule has 0 spiro atoms. The highest BCUT2D eigenvalue weighted by atomic mass is 16.5. The second-order valence-electron chi connectivity index (χ2n) is 2.84. The third-order valence-corrected chi connectivity index (χ3v) is 1.51. The number of para-hydroxylation sites is 1. The smallest absolute Gasteiger partial charge is 0.327 e. The first-order chi connectivity index (χ1) is 7.66. The largest absolute Gasteiger partial charge is 0.508 e. The van der Waals surface area contributed by atoms with Gasteiger partial charge in [-0.3, -0.25) is 0 Å². The van der Waals surface area contributed by atoms with Gasteiger partial charge in [-0.1, -0.05) is 24.8 Å². The lowest BCUT2D eigenvalue weighted by molar-refractivity contribution is -0.131. The molecule has 0 amide bonds. The summed E-state index contributed by atoms with van der Waals surface area (Å²) in [5.74, 6) is -0.660. The van der Waals surface area contributed by atoms with Gasteiger partial charge in [-0.05, 0) is 18.6 Å². The fraction of sp³-hybridized carbons (Fsp3) is 0.250. The number of phenols is 1. The Kier molecular flexibility index (Phi) is 8.63. The summed E-state index contributed by atoms with van der Waals surface area (Å²) in [5.41, 5.74) is 0. The second-order valence-corrected chi connectivity index (χ2v) is 2.84. The zero-order valence-electron chi connectivity index (χ0n) is 9.00. The van der Waals surface area contributed by atoms with Gasteiger partial charge in [0, 0.05) is 19.3 Å². The van der Waals surface area contributed by atoms with E-state index in [1.165, 1.54) is 6.42 Å². The topological polar surface area (TPSA) is 66.8 Å². The molecule has 1 aliphatic rings. The number of aliphatic carboxylic acids is 1. The normalized spacial score (nSPS) is 11.8. The molecule has 0 radical (unpaired) electrons. The van der Waals surface area contributed by atoms with Gasteiger partial charge in [-0.15, -0.1) is 0 Å². The highest BCUT2D eigenvalue weighted by molar-refractivity contribution is 5.78. The molecule has 0 unspecified atom stereocenters. The Hall–Kier alpha value is -1.81. The molecule has 4 nitrogen and oxygen atoms in total. The number of benzene rings is 1. The van der Waals surface area contributed by atoms with Crippen LogP contribution in [-0.4, -0.2) is 29.4 Å². The number of ether oxygens (including phenoxy) is 1. The van der Waals surface area contributed by atoms with Crippen LogP contribution in [0.1, 0.15) is 6.42 Å². The third kappa shape index (κ3) is 10.3. The van der Waals surface area contributed by atoms with Crippen LogP contribution in [0.4, 0.5) is 0 Å². The Morgan fingerprint density at radius 1 is 1.31 bits per heavy atom. The molecule has 88 valence electrons. The molecular weight excluding hydrogens is 208 g/mol. The van der Waals surface area contributed by atoms with Gasteiger partial charge in [0.1, 0.15) is 5.75 Å². The fourth-order valence-corrected chi connectivity index (χ4v) is 0.572. The maximum Gasteiger partial charge on any atom is 0.327 e. The highest BCUT2D eigenvalue weighted by Gasteiger charge is 1.94. The van der Waals surface area contributed by atoms with E-state index in [1.54, 1.807) is 24.3 Å². The van der Waals surface area contributed by atoms with E-state index in [9.17, 15) is 4.79 Å². The average Bonchev–Trinajstić information content (AvgIpc) is 2.17. The monoisotopic (exact) mass is 224 g/mol. The minimum absolute atomic E-state index is 0.322.